The number of aryl methyl sites for hydroxylation is 1. The Morgan fingerprint density at radius 2 is 2.19 bits per heavy atom. The number of carboxylic acid groups (broad SMARTS) is 1. The van der Waals surface area contributed by atoms with Crippen molar-refractivity contribution in [3.8, 4) is 0 Å². The van der Waals surface area contributed by atoms with Crippen LogP contribution in [-0.2, 0) is 0 Å². The number of thiazole rings is 1. The molecule has 0 bridgehead atoms. The number of hydrogen-bond donors (Lipinski definition) is 2. The van der Waals surface area contributed by atoms with Crippen molar-refractivity contribution in [2.45, 2.75) is 6.92 Å². The number of hydrogen-bond acceptors (Lipinski definition) is 5. The molecule has 2 aromatic heterocycles. The standard InChI is InChI=1S/C14H10BrN3O2S/c1-7-2-3-10-11(4-7)21-14(17-10)18-12-9(13(19)20)5-8(15)6-16-12/h2-6H,1H3,(H,19,20)(H,16,17,18). The fourth-order valence-corrected chi connectivity index (χ4v) is 3.18. The van der Waals surface area contributed by atoms with Gasteiger partial charge in [-0.2, -0.15) is 0 Å². The lowest BCUT2D eigenvalue weighted by atomic mass is 10.2. The van der Waals surface area contributed by atoms with Crippen LogP contribution in [0.3, 0.4) is 0 Å². The van der Waals surface area contributed by atoms with E-state index in [1.165, 1.54) is 17.4 Å². The molecule has 0 saturated heterocycles. The molecule has 7 heteroatoms. The Balaban J connectivity index is 2.00. The highest BCUT2D eigenvalue weighted by Gasteiger charge is 2.14. The zero-order valence-electron chi connectivity index (χ0n) is 10.9. The minimum Gasteiger partial charge on any atom is -0.478 e. The van der Waals surface area contributed by atoms with Gasteiger partial charge in [0.1, 0.15) is 11.4 Å². The first kappa shape index (κ1) is 14.0. The molecule has 0 spiro atoms. The summed E-state index contributed by atoms with van der Waals surface area (Å²) in [5.41, 5.74) is 2.13. The van der Waals surface area contributed by atoms with Gasteiger partial charge in [0, 0.05) is 10.7 Å². The number of halogens is 1. The summed E-state index contributed by atoms with van der Waals surface area (Å²) in [7, 11) is 0. The topological polar surface area (TPSA) is 75.1 Å². The van der Waals surface area contributed by atoms with Crippen LogP contribution in [0, 0.1) is 6.92 Å². The van der Waals surface area contributed by atoms with Crippen molar-refractivity contribution in [1.29, 1.82) is 0 Å². The third kappa shape index (κ3) is 2.88. The number of rotatable bonds is 3. The molecule has 0 aliphatic carbocycles. The Kier molecular flexibility index (Phi) is 3.60. The minimum absolute atomic E-state index is 0.0970. The third-order valence-corrected chi connectivity index (χ3v) is 4.22. The molecule has 106 valence electrons. The molecule has 0 atom stereocenters. The molecule has 0 aliphatic heterocycles. The van der Waals surface area contributed by atoms with Crippen LogP contribution in [0.25, 0.3) is 10.2 Å². The Morgan fingerprint density at radius 3 is 2.95 bits per heavy atom. The number of anilines is 2. The molecule has 1 aromatic carbocycles. The fraction of sp³-hybridized carbons (Fsp3) is 0.0714. The quantitative estimate of drug-likeness (QED) is 0.728. The van der Waals surface area contributed by atoms with E-state index in [1.54, 1.807) is 6.20 Å². The maximum atomic E-state index is 11.3. The van der Waals surface area contributed by atoms with Crippen molar-refractivity contribution in [2.24, 2.45) is 0 Å². The zero-order valence-corrected chi connectivity index (χ0v) is 13.3. The maximum Gasteiger partial charge on any atom is 0.339 e. The van der Waals surface area contributed by atoms with Crippen molar-refractivity contribution in [1.82, 2.24) is 9.97 Å². The molecule has 5 nitrogen and oxygen atoms in total. The Labute approximate surface area is 132 Å². The highest BCUT2D eigenvalue weighted by molar-refractivity contribution is 9.10. The van der Waals surface area contributed by atoms with Crippen molar-refractivity contribution in [3.63, 3.8) is 0 Å². The molecule has 3 aromatic rings. The number of nitrogens with one attached hydrogen (secondary N) is 1. The summed E-state index contributed by atoms with van der Waals surface area (Å²) >= 11 is 4.68. The number of aromatic carboxylic acids is 1. The smallest absolute Gasteiger partial charge is 0.339 e. The molecule has 0 fully saturated rings. The molecule has 2 heterocycles. The molecular weight excluding hydrogens is 354 g/mol. The molecule has 3 rings (SSSR count). The van der Waals surface area contributed by atoms with E-state index in [2.05, 4.69) is 31.2 Å². The van der Waals surface area contributed by atoms with E-state index >= 15 is 0 Å². The second-order valence-electron chi connectivity index (χ2n) is 4.47. The first-order chi connectivity index (χ1) is 10.0. The fourth-order valence-electron chi connectivity index (χ4n) is 1.89. The lowest BCUT2D eigenvalue weighted by Crippen LogP contribution is -2.04. The minimum atomic E-state index is -1.04. The molecule has 0 amide bonds. The summed E-state index contributed by atoms with van der Waals surface area (Å²) < 4.78 is 1.66. The Morgan fingerprint density at radius 1 is 1.38 bits per heavy atom. The van der Waals surface area contributed by atoms with Crippen molar-refractivity contribution >= 4 is 54.4 Å². The van der Waals surface area contributed by atoms with Crippen LogP contribution in [0.1, 0.15) is 15.9 Å². The van der Waals surface area contributed by atoms with Gasteiger partial charge in [-0.25, -0.2) is 14.8 Å². The van der Waals surface area contributed by atoms with Crippen LogP contribution in [0.15, 0.2) is 34.9 Å². The van der Waals surface area contributed by atoms with E-state index in [9.17, 15) is 9.90 Å². The van der Waals surface area contributed by atoms with Gasteiger partial charge in [-0.05, 0) is 46.6 Å². The van der Waals surface area contributed by atoms with Crippen LogP contribution in [0.5, 0.6) is 0 Å². The predicted octanol–water partition coefficient (Wildman–Crippen LogP) is 4.20. The van der Waals surface area contributed by atoms with Crippen molar-refractivity contribution in [2.75, 3.05) is 5.32 Å². The Hall–Kier alpha value is -1.99. The normalized spacial score (nSPS) is 10.8. The molecule has 0 radical (unpaired) electrons. The van der Waals surface area contributed by atoms with Crippen molar-refractivity contribution in [3.05, 3.63) is 46.1 Å². The Bertz CT molecular complexity index is 847. The first-order valence-electron chi connectivity index (χ1n) is 6.06. The van der Waals surface area contributed by atoms with E-state index < -0.39 is 5.97 Å². The van der Waals surface area contributed by atoms with Crippen LogP contribution in [-0.4, -0.2) is 21.0 Å². The van der Waals surface area contributed by atoms with Gasteiger partial charge in [0.2, 0.25) is 0 Å². The lowest BCUT2D eigenvalue weighted by Gasteiger charge is -2.05. The summed E-state index contributed by atoms with van der Waals surface area (Å²) in [6.45, 7) is 2.02. The number of aromatic nitrogens is 2. The molecule has 21 heavy (non-hydrogen) atoms. The van der Waals surface area contributed by atoms with Crippen LogP contribution in [0.4, 0.5) is 10.9 Å². The van der Waals surface area contributed by atoms with E-state index in [0.29, 0.717) is 9.60 Å². The molecular formula is C14H10BrN3O2S. The summed E-state index contributed by atoms with van der Waals surface area (Å²) in [4.78, 5) is 19.8. The van der Waals surface area contributed by atoms with E-state index in [-0.39, 0.29) is 11.4 Å². The molecule has 0 aliphatic rings. The van der Waals surface area contributed by atoms with Gasteiger partial charge in [0.25, 0.3) is 0 Å². The van der Waals surface area contributed by atoms with E-state index in [1.807, 2.05) is 25.1 Å². The van der Waals surface area contributed by atoms with Crippen LogP contribution in [0.2, 0.25) is 0 Å². The number of fused-ring (bicyclic) bond motifs is 1. The summed E-state index contributed by atoms with van der Waals surface area (Å²) in [5, 5.41) is 12.8. The molecule has 0 saturated carbocycles. The molecule has 2 N–H and O–H groups in total. The van der Waals surface area contributed by atoms with Gasteiger partial charge in [0.15, 0.2) is 5.13 Å². The number of benzene rings is 1. The van der Waals surface area contributed by atoms with Gasteiger partial charge in [-0.1, -0.05) is 17.4 Å². The zero-order chi connectivity index (χ0) is 15.0. The third-order valence-electron chi connectivity index (χ3n) is 2.85. The van der Waals surface area contributed by atoms with Crippen molar-refractivity contribution < 1.29 is 9.90 Å². The largest absolute Gasteiger partial charge is 0.478 e. The number of carbonyl (C=O) groups is 1. The van der Waals surface area contributed by atoms with Gasteiger partial charge < -0.3 is 10.4 Å². The summed E-state index contributed by atoms with van der Waals surface area (Å²) in [5.74, 6) is -0.760. The van der Waals surface area contributed by atoms with E-state index in [0.717, 1.165) is 15.8 Å². The second kappa shape index (κ2) is 5.42. The number of carboxylic acids is 1. The summed E-state index contributed by atoms with van der Waals surface area (Å²) in [6, 6.07) is 7.49. The van der Waals surface area contributed by atoms with Gasteiger partial charge in [-0.15, -0.1) is 0 Å². The SMILES string of the molecule is Cc1ccc2nc(Nc3ncc(Br)cc3C(=O)O)sc2c1. The summed E-state index contributed by atoms with van der Waals surface area (Å²) in [6.07, 6.45) is 1.55. The average Bonchev–Trinajstić information content (AvgIpc) is 2.82. The number of pyridine rings is 1. The second-order valence-corrected chi connectivity index (χ2v) is 6.42. The number of nitrogens with zero attached hydrogens (tertiary/aromatic N) is 2. The molecule has 0 unspecified atom stereocenters. The maximum absolute atomic E-state index is 11.3. The lowest BCUT2D eigenvalue weighted by molar-refractivity contribution is 0.0697. The van der Waals surface area contributed by atoms with Gasteiger partial charge in [0.05, 0.1) is 10.2 Å². The first-order valence-corrected chi connectivity index (χ1v) is 7.67. The van der Waals surface area contributed by atoms with Crippen LogP contribution >= 0.6 is 27.3 Å². The van der Waals surface area contributed by atoms with E-state index in [4.69, 9.17) is 0 Å². The van der Waals surface area contributed by atoms with Gasteiger partial charge in [-0.3, -0.25) is 0 Å². The average molecular weight is 364 g/mol. The van der Waals surface area contributed by atoms with Gasteiger partial charge >= 0.3 is 5.97 Å². The highest BCUT2D eigenvalue weighted by Crippen LogP contribution is 2.30. The highest BCUT2D eigenvalue weighted by atomic mass is 79.9. The van der Waals surface area contributed by atoms with Crippen LogP contribution < -0.4 is 5.32 Å². The monoisotopic (exact) mass is 363 g/mol. The predicted molar refractivity (Wildman–Crippen MR) is 86.5 cm³/mol.